The van der Waals surface area contributed by atoms with Crippen LogP contribution in [0, 0.1) is 0 Å². The molecule has 2 heterocycles. The van der Waals surface area contributed by atoms with E-state index < -0.39 is 36.6 Å². The van der Waals surface area contributed by atoms with E-state index in [0.29, 0.717) is 0 Å². The summed E-state index contributed by atoms with van der Waals surface area (Å²) in [5, 5.41) is 30.8. The highest BCUT2D eigenvalue weighted by Gasteiger charge is 2.46. The van der Waals surface area contributed by atoms with E-state index in [1.165, 1.54) is 17.2 Å². The summed E-state index contributed by atoms with van der Waals surface area (Å²) in [5.41, 5.74) is -0.656. The van der Waals surface area contributed by atoms with E-state index in [2.05, 4.69) is 17.9 Å². The molecule has 7 nitrogen and oxygen atoms in total. The first-order valence-electron chi connectivity index (χ1n) is 5.11. The molecule has 17 heavy (non-hydrogen) atoms. The van der Waals surface area contributed by atoms with Gasteiger partial charge in [-0.15, -0.1) is 12.6 Å². The number of hydrogen-bond donors (Lipinski definition) is 5. The Bertz CT molecular complexity index is 339. The van der Waals surface area contributed by atoms with Crippen molar-refractivity contribution in [2.75, 3.05) is 6.61 Å². The smallest absolute Gasteiger partial charge is 0.247 e. The maximum atomic E-state index is 11.0. The maximum Gasteiger partial charge on any atom is 0.247 e. The summed E-state index contributed by atoms with van der Waals surface area (Å²) >= 11 is 4.13. The van der Waals surface area contributed by atoms with Gasteiger partial charge in [-0.3, -0.25) is 4.79 Å². The van der Waals surface area contributed by atoms with Gasteiger partial charge in [-0.25, -0.2) is 0 Å². The maximum absolute atomic E-state index is 11.0. The minimum Gasteiger partial charge on any atom is -0.394 e. The van der Waals surface area contributed by atoms with Crippen LogP contribution in [0.15, 0.2) is 12.3 Å². The number of carbonyl (C=O) groups is 1. The van der Waals surface area contributed by atoms with Gasteiger partial charge in [-0.1, -0.05) is 0 Å². The predicted octanol–water partition coefficient (Wildman–Crippen LogP) is -2.42. The molecule has 2 rings (SSSR count). The highest BCUT2D eigenvalue weighted by atomic mass is 32.1. The van der Waals surface area contributed by atoms with Gasteiger partial charge < -0.3 is 30.3 Å². The molecule has 0 aromatic carbocycles. The standard InChI is InChI=1S/C9H14N2O5S/c12-3-4-6(14)7(15)8(16-4)11-2-1-5(13)10-9(11)17/h1-2,4,6-9,12,14-15,17H,3H2,(H,10,13)/t4-,6?,7?,8-,9?/m1/s1. The number of aliphatic hydroxyl groups excluding tert-OH is 3. The van der Waals surface area contributed by atoms with Crippen LogP contribution in [0.3, 0.4) is 0 Å². The van der Waals surface area contributed by atoms with Crippen LogP contribution in [0.1, 0.15) is 0 Å². The molecule has 0 spiro atoms. The molecule has 2 aliphatic rings. The third-order valence-electron chi connectivity index (χ3n) is 2.76. The fraction of sp³-hybridized carbons (Fsp3) is 0.667. The quantitative estimate of drug-likeness (QED) is 0.355. The Balaban J connectivity index is 2.13. The Morgan fingerprint density at radius 3 is 2.71 bits per heavy atom. The zero-order chi connectivity index (χ0) is 12.6. The molecule has 96 valence electrons. The lowest BCUT2D eigenvalue weighted by molar-refractivity contribution is -0.122. The molecule has 2 aliphatic heterocycles. The third-order valence-corrected chi connectivity index (χ3v) is 3.16. The van der Waals surface area contributed by atoms with Gasteiger partial charge in [-0.05, 0) is 0 Å². The van der Waals surface area contributed by atoms with Gasteiger partial charge in [0.05, 0.1) is 6.61 Å². The van der Waals surface area contributed by atoms with Gasteiger partial charge in [0.2, 0.25) is 5.91 Å². The summed E-state index contributed by atoms with van der Waals surface area (Å²) in [4.78, 5) is 12.5. The van der Waals surface area contributed by atoms with Gasteiger partial charge in [-0.2, -0.15) is 0 Å². The van der Waals surface area contributed by atoms with Crippen molar-refractivity contribution in [2.45, 2.75) is 30.0 Å². The summed E-state index contributed by atoms with van der Waals surface area (Å²) in [6.07, 6.45) is -1.36. The van der Waals surface area contributed by atoms with Crippen molar-refractivity contribution in [3.05, 3.63) is 12.3 Å². The predicted molar refractivity (Wildman–Crippen MR) is 59.7 cm³/mol. The van der Waals surface area contributed by atoms with Crippen molar-refractivity contribution in [3.63, 3.8) is 0 Å². The molecule has 0 aliphatic carbocycles. The second-order valence-corrected chi connectivity index (χ2v) is 4.36. The van der Waals surface area contributed by atoms with Crippen LogP contribution in [0.4, 0.5) is 0 Å². The molecule has 0 aromatic rings. The van der Waals surface area contributed by atoms with Crippen molar-refractivity contribution < 1.29 is 24.9 Å². The molecule has 1 amide bonds. The summed E-state index contributed by atoms with van der Waals surface area (Å²) in [6.45, 7) is -0.393. The SMILES string of the molecule is O=C1C=CN([C@@H]2O[C@H](CO)C(O)C2O)C(S)N1. The Morgan fingerprint density at radius 1 is 1.47 bits per heavy atom. The first-order chi connectivity index (χ1) is 8.04. The number of aliphatic hydroxyl groups is 3. The summed E-state index contributed by atoms with van der Waals surface area (Å²) in [6, 6.07) is 0. The molecule has 0 aromatic heterocycles. The summed E-state index contributed by atoms with van der Waals surface area (Å²) < 4.78 is 5.30. The van der Waals surface area contributed by atoms with Crippen molar-refractivity contribution in [1.29, 1.82) is 0 Å². The monoisotopic (exact) mass is 262 g/mol. The number of hydrogen-bond acceptors (Lipinski definition) is 7. The topological polar surface area (TPSA) is 102 Å². The largest absolute Gasteiger partial charge is 0.394 e. The van der Waals surface area contributed by atoms with Crippen LogP contribution in [-0.2, 0) is 9.53 Å². The fourth-order valence-electron chi connectivity index (χ4n) is 1.84. The van der Waals surface area contributed by atoms with Gasteiger partial charge >= 0.3 is 0 Å². The van der Waals surface area contributed by atoms with Crippen molar-refractivity contribution in [2.24, 2.45) is 0 Å². The molecule has 3 unspecified atom stereocenters. The molecule has 0 radical (unpaired) electrons. The van der Waals surface area contributed by atoms with E-state index >= 15 is 0 Å². The number of nitrogens with one attached hydrogen (secondary N) is 1. The van der Waals surface area contributed by atoms with Gasteiger partial charge in [0.25, 0.3) is 0 Å². The molecule has 4 N–H and O–H groups in total. The van der Waals surface area contributed by atoms with Gasteiger partial charge in [0.1, 0.15) is 23.8 Å². The highest BCUT2D eigenvalue weighted by Crippen LogP contribution is 2.26. The van der Waals surface area contributed by atoms with Crippen LogP contribution in [-0.4, -0.2) is 62.8 Å². The molecule has 0 bridgehead atoms. The second kappa shape index (κ2) is 4.83. The second-order valence-electron chi connectivity index (χ2n) is 3.87. The Kier molecular flexibility index (Phi) is 3.59. The first-order valence-corrected chi connectivity index (χ1v) is 5.63. The van der Waals surface area contributed by atoms with Crippen LogP contribution in [0.2, 0.25) is 0 Å². The molecule has 8 heteroatoms. The lowest BCUT2D eigenvalue weighted by Crippen LogP contribution is -2.53. The minimum absolute atomic E-state index is 0.298. The van der Waals surface area contributed by atoms with E-state index in [1.54, 1.807) is 0 Å². The average molecular weight is 262 g/mol. The Morgan fingerprint density at radius 2 is 2.18 bits per heavy atom. The minimum atomic E-state index is -1.18. The zero-order valence-corrected chi connectivity index (χ0v) is 9.70. The van der Waals surface area contributed by atoms with Gasteiger partial charge in [0.15, 0.2) is 6.23 Å². The molecule has 1 saturated heterocycles. The number of rotatable bonds is 2. The Labute approximate surface area is 103 Å². The van der Waals surface area contributed by atoms with E-state index in [-0.39, 0.29) is 5.91 Å². The van der Waals surface area contributed by atoms with Crippen molar-refractivity contribution in [1.82, 2.24) is 10.2 Å². The van der Waals surface area contributed by atoms with Gasteiger partial charge in [0, 0.05) is 12.3 Å². The highest BCUT2D eigenvalue weighted by molar-refractivity contribution is 7.80. The molecule has 5 atom stereocenters. The normalized spacial score (nSPS) is 41.8. The summed E-state index contributed by atoms with van der Waals surface area (Å²) in [5.74, 6) is -0.298. The molecular weight excluding hydrogens is 248 g/mol. The molecular formula is C9H14N2O5S. The fourth-order valence-corrected chi connectivity index (χ4v) is 2.17. The Hall–Kier alpha value is -0.800. The third kappa shape index (κ3) is 2.26. The number of carbonyl (C=O) groups excluding carboxylic acids is 1. The van der Waals surface area contributed by atoms with E-state index in [1.807, 2.05) is 0 Å². The van der Waals surface area contributed by atoms with Crippen LogP contribution in [0.5, 0.6) is 0 Å². The number of thiol groups is 1. The summed E-state index contributed by atoms with van der Waals surface area (Å²) in [7, 11) is 0. The number of ether oxygens (including phenoxy) is 1. The zero-order valence-electron chi connectivity index (χ0n) is 8.80. The first kappa shape index (κ1) is 12.7. The lowest BCUT2D eigenvalue weighted by atomic mass is 10.1. The lowest BCUT2D eigenvalue weighted by Gasteiger charge is -2.35. The van der Waals surface area contributed by atoms with Crippen LogP contribution >= 0.6 is 12.6 Å². The number of amides is 1. The van der Waals surface area contributed by atoms with E-state index in [9.17, 15) is 15.0 Å². The van der Waals surface area contributed by atoms with Crippen molar-refractivity contribution in [3.8, 4) is 0 Å². The van der Waals surface area contributed by atoms with E-state index in [4.69, 9.17) is 9.84 Å². The average Bonchev–Trinajstić information content (AvgIpc) is 2.57. The van der Waals surface area contributed by atoms with Crippen LogP contribution < -0.4 is 5.32 Å². The van der Waals surface area contributed by atoms with Crippen molar-refractivity contribution >= 4 is 18.5 Å². The molecule has 0 saturated carbocycles. The van der Waals surface area contributed by atoms with E-state index in [0.717, 1.165) is 0 Å². The number of nitrogens with zero attached hydrogens (tertiary/aromatic N) is 1. The molecule has 1 fully saturated rings. The van der Waals surface area contributed by atoms with Crippen LogP contribution in [0.25, 0.3) is 0 Å².